The minimum absolute atomic E-state index is 0.00249. The molecule has 1 aliphatic rings. The molecule has 1 rings (SSSR count). The molecule has 0 radical (unpaired) electrons. The quantitative estimate of drug-likeness (QED) is 0.643. The van der Waals surface area contributed by atoms with Gasteiger partial charge in [-0.25, -0.2) is 4.79 Å². The van der Waals surface area contributed by atoms with Crippen LogP contribution in [0.5, 0.6) is 0 Å². The van der Waals surface area contributed by atoms with Crippen molar-refractivity contribution in [2.45, 2.75) is 51.2 Å². The van der Waals surface area contributed by atoms with E-state index in [-0.39, 0.29) is 18.4 Å². The Kier molecular flexibility index (Phi) is 8.57. The molecule has 1 aliphatic heterocycles. The number of carbonyl (C=O) groups is 2. The van der Waals surface area contributed by atoms with E-state index in [0.29, 0.717) is 24.3 Å². The Bertz CT molecular complexity index is 331. The number of hydrogen-bond donors (Lipinski definition) is 3. The van der Waals surface area contributed by atoms with Crippen LogP contribution in [0, 0.1) is 11.8 Å². The fraction of sp³-hybridized carbons (Fsp3) is 0.867. The van der Waals surface area contributed by atoms with Crippen molar-refractivity contribution in [1.29, 1.82) is 0 Å². The molecule has 0 bridgehead atoms. The topological polar surface area (TPSA) is 78.4 Å². The molecule has 5 nitrogen and oxygen atoms in total. The Morgan fingerprint density at radius 1 is 1.29 bits per heavy atom. The summed E-state index contributed by atoms with van der Waals surface area (Å²) in [5, 5.41) is 15.1. The highest BCUT2D eigenvalue weighted by Crippen LogP contribution is 2.24. The van der Waals surface area contributed by atoms with Gasteiger partial charge in [-0.1, -0.05) is 20.3 Å². The molecule has 2 amide bonds. The van der Waals surface area contributed by atoms with Crippen LogP contribution >= 0.6 is 11.8 Å². The van der Waals surface area contributed by atoms with Crippen LogP contribution in [-0.2, 0) is 4.79 Å². The number of rotatable bonds is 8. The SMILES string of the molecule is CC(C)CC(CNC(=O)NCC1CCCCS1)CC(=O)O. The van der Waals surface area contributed by atoms with Crippen molar-refractivity contribution in [3.8, 4) is 0 Å². The third-order valence-electron chi connectivity index (χ3n) is 3.58. The van der Waals surface area contributed by atoms with E-state index in [1.165, 1.54) is 25.0 Å². The summed E-state index contributed by atoms with van der Waals surface area (Å²) in [5.74, 6) is 0.805. The lowest BCUT2D eigenvalue weighted by atomic mass is 9.94. The lowest BCUT2D eigenvalue weighted by Gasteiger charge is -2.22. The summed E-state index contributed by atoms with van der Waals surface area (Å²) < 4.78 is 0. The molecule has 0 spiro atoms. The van der Waals surface area contributed by atoms with Crippen molar-refractivity contribution in [1.82, 2.24) is 10.6 Å². The molecule has 2 unspecified atom stereocenters. The first kappa shape index (κ1) is 18.1. The van der Waals surface area contributed by atoms with Gasteiger partial charge in [0.05, 0.1) is 0 Å². The molecule has 0 aromatic rings. The second-order valence-electron chi connectivity index (χ2n) is 6.17. The average Bonchev–Trinajstić information content (AvgIpc) is 2.42. The number of carbonyl (C=O) groups excluding carboxylic acids is 1. The highest BCUT2D eigenvalue weighted by molar-refractivity contribution is 7.99. The van der Waals surface area contributed by atoms with Crippen molar-refractivity contribution in [3.05, 3.63) is 0 Å². The molecule has 1 fully saturated rings. The van der Waals surface area contributed by atoms with E-state index in [1.807, 2.05) is 11.8 Å². The number of amides is 2. The van der Waals surface area contributed by atoms with E-state index in [4.69, 9.17) is 5.11 Å². The lowest BCUT2D eigenvalue weighted by molar-refractivity contribution is -0.138. The van der Waals surface area contributed by atoms with E-state index < -0.39 is 5.97 Å². The van der Waals surface area contributed by atoms with E-state index in [1.54, 1.807) is 0 Å². The van der Waals surface area contributed by atoms with E-state index in [2.05, 4.69) is 24.5 Å². The van der Waals surface area contributed by atoms with Crippen LogP contribution in [-0.4, -0.2) is 41.2 Å². The summed E-state index contributed by atoms with van der Waals surface area (Å²) in [4.78, 5) is 22.6. The fourth-order valence-electron chi connectivity index (χ4n) is 2.63. The molecule has 1 heterocycles. The van der Waals surface area contributed by atoms with Gasteiger partial charge in [0, 0.05) is 24.8 Å². The summed E-state index contributed by atoms with van der Waals surface area (Å²) >= 11 is 1.93. The smallest absolute Gasteiger partial charge is 0.314 e. The van der Waals surface area contributed by atoms with Gasteiger partial charge in [0.25, 0.3) is 0 Å². The normalized spacial score (nSPS) is 20.0. The minimum atomic E-state index is -0.804. The molecule has 0 aliphatic carbocycles. The van der Waals surface area contributed by atoms with Gasteiger partial charge in [0.2, 0.25) is 0 Å². The summed E-state index contributed by atoms with van der Waals surface area (Å²) in [5.41, 5.74) is 0. The van der Waals surface area contributed by atoms with Crippen LogP contribution in [0.15, 0.2) is 0 Å². The Morgan fingerprint density at radius 3 is 2.62 bits per heavy atom. The maximum absolute atomic E-state index is 11.8. The van der Waals surface area contributed by atoms with Crippen LogP contribution in [0.4, 0.5) is 4.79 Å². The number of carboxylic acids is 1. The largest absolute Gasteiger partial charge is 0.481 e. The number of urea groups is 1. The van der Waals surface area contributed by atoms with Gasteiger partial charge in [-0.3, -0.25) is 4.79 Å². The van der Waals surface area contributed by atoms with Gasteiger partial charge in [0.15, 0.2) is 0 Å². The standard InChI is InChI=1S/C15H28N2O3S/c1-11(2)7-12(8-14(18)19)9-16-15(20)17-10-13-5-3-4-6-21-13/h11-13H,3-10H2,1-2H3,(H,18,19)(H2,16,17,20). The Morgan fingerprint density at radius 2 is 2.05 bits per heavy atom. The van der Waals surface area contributed by atoms with Crippen molar-refractivity contribution in [2.75, 3.05) is 18.8 Å². The Labute approximate surface area is 131 Å². The molecule has 122 valence electrons. The molecule has 0 aromatic heterocycles. The fourth-order valence-corrected chi connectivity index (χ4v) is 3.87. The number of aliphatic carboxylic acids is 1. The van der Waals surface area contributed by atoms with Crippen LogP contribution in [0.3, 0.4) is 0 Å². The highest BCUT2D eigenvalue weighted by atomic mass is 32.2. The molecule has 2 atom stereocenters. The summed E-state index contributed by atoms with van der Waals surface area (Å²) in [6, 6.07) is -0.180. The van der Waals surface area contributed by atoms with Crippen LogP contribution in [0.1, 0.15) is 46.0 Å². The van der Waals surface area contributed by atoms with Crippen molar-refractivity contribution in [3.63, 3.8) is 0 Å². The molecule has 6 heteroatoms. The molecule has 1 saturated heterocycles. The van der Waals surface area contributed by atoms with Crippen LogP contribution < -0.4 is 10.6 Å². The first-order valence-electron chi connectivity index (χ1n) is 7.82. The van der Waals surface area contributed by atoms with Crippen LogP contribution in [0.2, 0.25) is 0 Å². The predicted octanol–water partition coefficient (Wildman–Crippen LogP) is 2.71. The summed E-state index contributed by atoms with van der Waals surface area (Å²) in [7, 11) is 0. The number of hydrogen-bond acceptors (Lipinski definition) is 3. The maximum atomic E-state index is 11.8. The minimum Gasteiger partial charge on any atom is -0.481 e. The molecule has 0 aromatic carbocycles. The van der Waals surface area contributed by atoms with Crippen molar-refractivity contribution < 1.29 is 14.7 Å². The van der Waals surface area contributed by atoms with Crippen LogP contribution in [0.25, 0.3) is 0 Å². The highest BCUT2D eigenvalue weighted by Gasteiger charge is 2.17. The third kappa shape index (κ3) is 8.86. The number of thioether (sulfide) groups is 1. The Balaban J connectivity index is 2.23. The second-order valence-corrected chi connectivity index (χ2v) is 7.58. The zero-order valence-electron chi connectivity index (χ0n) is 13.1. The van der Waals surface area contributed by atoms with Crippen molar-refractivity contribution in [2.24, 2.45) is 11.8 Å². The third-order valence-corrected chi connectivity index (χ3v) is 4.98. The number of carboxylic acid groups (broad SMARTS) is 1. The van der Waals surface area contributed by atoms with Crippen molar-refractivity contribution >= 4 is 23.8 Å². The molecule has 3 N–H and O–H groups in total. The number of nitrogens with one attached hydrogen (secondary N) is 2. The van der Waals surface area contributed by atoms with E-state index in [0.717, 1.165) is 6.42 Å². The summed E-state index contributed by atoms with van der Waals surface area (Å²) in [6.07, 6.45) is 4.61. The second kappa shape index (κ2) is 9.92. The lowest BCUT2D eigenvalue weighted by Crippen LogP contribution is -2.41. The van der Waals surface area contributed by atoms with Gasteiger partial charge >= 0.3 is 12.0 Å². The Hall–Kier alpha value is -0.910. The van der Waals surface area contributed by atoms with Gasteiger partial charge < -0.3 is 15.7 Å². The maximum Gasteiger partial charge on any atom is 0.314 e. The van der Waals surface area contributed by atoms with E-state index in [9.17, 15) is 9.59 Å². The predicted molar refractivity (Wildman–Crippen MR) is 86.7 cm³/mol. The first-order chi connectivity index (χ1) is 9.97. The monoisotopic (exact) mass is 316 g/mol. The van der Waals surface area contributed by atoms with Gasteiger partial charge in [-0.05, 0) is 36.9 Å². The zero-order valence-corrected chi connectivity index (χ0v) is 13.9. The molecule has 21 heavy (non-hydrogen) atoms. The van der Waals surface area contributed by atoms with Gasteiger partial charge in [-0.2, -0.15) is 11.8 Å². The van der Waals surface area contributed by atoms with Gasteiger partial charge in [0.1, 0.15) is 0 Å². The van der Waals surface area contributed by atoms with Gasteiger partial charge in [-0.15, -0.1) is 0 Å². The van der Waals surface area contributed by atoms with E-state index >= 15 is 0 Å². The molecular formula is C15H28N2O3S. The first-order valence-corrected chi connectivity index (χ1v) is 8.87. The summed E-state index contributed by atoms with van der Waals surface area (Å²) in [6.45, 7) is 5.25. The molecular weight excluding hydrogens is 288 g/mol. The average molecular weight is 316 g/mol. The zero-order chi connectivity index (χ0) is 15.7. The molecule has 0 saturated carbocycles.